The average Bonchev–Trinajstić information content (AvgIpc) is 2.74. The number of hydrogen-bond donors (Lipinski definition) is 0. The molecule has 0 aliphatic rings. The quantitative estimate of drug-likeness (QED) is 0.117. The second-order valence-electron chi connectivity index (χ2n) is 7.79. The van der Waals surface area contributed by atoms with E-state index in [1.165, 1.54) is 70.6 Å². The Kier molecular flexibility index (Phi) is 17.0. The van der Waals surface area contributed by atoms with E-state index < -0.39 is 0 Å². The van der Waals surface area contributed by atoms with Crippen LogP contribution in [-0.4, -0.2) is 24.5 Å². The summed E-state index contributed by atoms with van der Waals surface area (Å²) in [5.41, 5.74) is 0.599. The summed E-state index contributed by atoms with van der Waals surface area (Å²) in [4.78, 5) is 12.1. The predicted molar refractivity (Wildman–Crippen MR) is 126 cm³/mol. The van der Waals surface area contributed by atoms with Gasteiger partial charge in [-0.25, -0.2) is 4.79 Å². The van der Waals surface area contributed by atoms with Gasteiger partial charge in [0.05, 0.1) is 18.8 Å². The first kappa shape index (κ1) is 26.0. The molecule has 29 heavy (non-hydrogen) atoms. The van der Waals surface area contributed by atoms with Crippen LogP contribution < -0.4 is 4.74 Å². The fourth-order valence-corrected chi connectivity index (χ4v) is 3.66. The van der Waals surface area contributed by atoms with Crippen LogP contribution in [-0.2, 0) is 4.74 Å². The Hall–Kier alpha value is -1.03. The number of ether oxygens (including phenoxy) is 2. The number of alkyl halides is 1. The number of benzene rings is 1. The van der Waals surface area contributed by atoms with Gasteiger partial charge >= 0.3 is 5.97 Å². The highest BCUT2D eigenvalue weighted by Gasteiger charge is 2.07. The zero-order valence-electron chi connectivity index (χ0n) is 18.4. The molecule has 0 bridgehead atoms. The van der Waals surface area contributed by atoms with Crippen LogP contribution in [0.25, 0.3) is 0 Å². The molecule has 0 spiro atoms. The summed E-state index contributed by atoms with van der Waals surface area (Å²) in [5, 5.41) is 1.09. The Morgan fingerprint density at radius 2 is 1.24 bits per heavy atom. The highest BCUT2D eigenvalue weighted by Crippen LogP contribution is 2.15. The topological polar surface area (TPSA) is 35.5 Å². The summed E-state index contributed by atoms with van der Waals surface area (Å²) in [6, 6.07) is 7.33. The van der Waals surface area contributed by atoms with Gasteiger partial charge < -0.3 is 9.47 Å². The smallest absolute Gasteiger partial charge is 0.338 e. The van der Waals surface area contributed by atoms with E-state index in [4.69, 9.17) is 9.47 Å². The standard InChI is InChI=1S/C25H41BrO3/c1-2-3-4-5-6-8-11-14-21-28-24-18-16-23(17-19-24)25(27)29-22-15-12-9-7-10-13-20-26/h16-19H,2-15,20-22H2,1H3. The van der Waals surface area contributed by atoms with Crippen LogP contribution in [0.15, 0.2) is 24.3 Å². The van der Waals surface area contributed by atoms with E-state index in [9.17, 15) is 4.79 Å². The highest BCUT2D eigenvalue weighted by atomic mass is 79.9. The summed E-state index contributed by atoms with van der Waals surface area (Å²) in [5.74, 6) is 0.590. The lowest BCUT2D eigenvalue weighted by atomic mass is 10.1. The van der Waals surface area contributed by atoms with Crippen molar-refractivity contribution in [2.24, 2.45) is 0 Å². The number of esters is 1. The molecule has 1 rings (SSSR count). The van der Waals surface area contributed by atoms with E-state index in [-0.39, 0.29) is 5.97 Å². The molecule has 3 nitrogen and oxygen atoms in total. The molecule has 1 aromatic carbocycles. The third-order valence-electron chi connectivity index (χ3n) is 5.12. The highest BCUT2D eigenvalue weighted by molar-refractivity contribution is 9.09. The first-order chi connectivity index (χ1) is 14.3. The second-order valence-corrected chi connectivity index (χ2v) is 8.59. The molecule has 0 aliphatic carbocycles. The lowest BCUT2D eigenvalue weighted by Gasteiger charge is -2.08. The molecule has 0 radical (unpaired) electrons. The lowest BCUT2D eigenvalue weighted by Crippen LogP contribution is -2.06. The van der Waals surface area contributed by atoms with Crippen molar-refractivity contribution < 1.29 is 14.3 Å². The second kappa shape index (κ2) is 19.0. The van der Waals surface area contributed by atoms with E-state index >= 15 is 0 Å². The molecule has 0 unspecified atom stereocenters. The Labute approximate surface area is 187 Å². The molecule has 0 amide bonds. The van der Waals surface area contributed by atoms with Gasteiger partial charge in [-0.15, -0.1) is 0 Å². The van der Waals surface area contributed by atoms with Crippen molar-refractivity contribution in [2.45, 2.75) is 96.8 Å². The van der Waals surface area contributed by atoms with Crippen molar-refractivity contribution in [3.05, 3.63) is 29.8 Å². The fraction of sp³-hybridized carbons (Fsp3) is 0.720. The lowest BCUT2D eigenvalue weighted by molar-refractivity contribution is 0.0497. The fourth-order valence-electron chi connectivity index (χ4n) is 3.27. The van der Waals surface area contributed by atoms with Crippen LogP contribution >= 0.6 is 15.9 Å². The van der Waals surface area contributed by atoms with Crippen LogP contribution in [0.4, 0.5) is 0 Å². The molecule has 0 heterocycles. The minimum absolute atomic E-state index is 0.237. The molecule has 0 saturated carbocycles. The van der Waals surface area contributed by atoms with Crippen molar-refractivity contribution >= 4 is 21.9 Å². The number of hydrogen-bond acceptors (Lipinski definition) is 3. The minimum atomic E-state index is -0.237. The SMILES string of the molecule is CCCCCCCCCCOc1ccc(C(=O)OCCCCCCCCBr)cc1. The van der Waals surface area contributed by atoms with Gasteiger partial charge in [-0.2, -0.15) is 0 Å². The van der Waals surface area contributed by atoms with Gasteiger partial charge in [0.15, 0.2) is 0 Å². The minimum Gasteiger partial charge on any atom is -0.494 e. The normalized spacial score (nSPS) is 10.8. The van der Waals surface area contributed by atoms with E-state index in [2.05, 4.69) is 22.9 Å². The van der Waals surface area contributed by atoms with Gasteiger partial charge in [-0.3, -0.25) is 0 Å². The number of rotatable bonds is 19. The van der Waals surface area contributed by atoms with E-state index in [0.717, 1.165) is 36.9 Å². The summed E-state index contributed by atoms with van der Waals surface area (Å²) in [6.07, 6.45) is 17.4. The number of carbonyl (C=O) groups is 1. The van der Waals surface area contributed by atoms with E-state index in [0.29, 0.717) is 12.2 Å². The molecule has 0 saturated heterocycles. The van der Waals surface area contributed by atoms with Crippen LogP contribution in [0.5, 0.6) is 5.75 Å². The van der Waals surface area contributed by atoms with E-state index in [1.807, 2.05) is 12.1 Å². The van der Waals surface area contributed by atoms with Gasteiger partial charge in [-0.05, 0) is 43.5 Å². The molecule has 0 aliphatic heterocycles. The van der Waals surface area contributed by atoms with Crippen LogP contribution in [0.3, 0.4) is 0 Å². The molecule has 0 aromatic heterocycles. The molecule has 0 atom stereocenters. The average molecular weight is 470 g/mol. The zero-order chi connectivity index (χ0) is 21.0. The summed E-state index contributed by atoms with van der Waals surface area (Å²) >= 11 is 3.45. The Bertz CT molecular complexity index is 501. The van der Waals surface area contributed by atoms with Crippen LogP contribution in [0.1, 0.15) is 107 Å². The van der Waals surface area contributed by atoms with Gasteiger partial charge in [0.2, 0.25) is 0 Å². The van der Waals surface area contributed by atoms with Crippen molar-refractivity contribution in [2.75, 3.05) is 18.5 Å². The molecular weight excluding hydrogens is 428 g/mol. The molecular formula is C25H41BrO3. The number of halogens is 1. The van der Waals surface area contributed by atoms with Crippen molar-refractivity contribution in [1.29, 1.82) is 0 Å². The van der Waals surface area contributed by atoms with Gasteiger partial charge in [0.1, 0.15) is 5.75 Å². The third kappa shape index (κ3) is 14.6. The van der Waals surface area contributed by atoms with Crippen molar-refractivity contribution in [3.8, 4) is 5.75 Å². The Morgan fingerprint density at radius 1 is 0.724 bits per heavy atom. The van der Waals surface area contributed by atoms with Crippen LogP contribution in [0.2, 0.25) is 0 Å². The maximum atomic E-state index is 12.1. The molecule has 166 valence electrons. The van der Waals surface area contributed by atoms with Gasteiger partial charge in [0, 0.05) is 5.33 Å². The third-order valence-corrected chi connectivity index (χ3v) is 5.68. The van der Waals surface area contributed by atoms with Crippen molar-refractivity contribution in [3.63, 3.8) is 0 Å². The van der Waals surface area contributed by atoms with Crippen LogP contribution in [0, 0.1) is 0 Å². The Balaban J connectivity index is 2.05. The monoisotopic (exact) mass is 468 g/mol. The summed E-state index contributed by atoms with van der Waals surface area (Å²) in [7, 11) is 0. The first-order valence-electron chi connectivity index (χ1n) is 11.7. The molecule has 0 fully saturated rings. The Morgan fingerprint density at radius 3 is 1.83 bits per heavy atom. The maximum absolute atomic E-state index is 12.1. The molecule has 4 heteroatoms. The van der Waals surface area contributed by atoms with Gasteiger partial charge in [-0.1, -0.05) is 93.5 Å². The first-order valence-corrected chi connectivity index (χ1v) is 12.9. The van der Waals surface area contributed by atoms with Gasteiger partial charge in [0.25, 0.3) is 0 Å². The molecule has 1 aromatic rings. The molecule has 0 N–H and O–H groups in total. The number of carbonyl (C=O) groups excluding carboxylic acids is 1. The number of unbranched alkanes of at least 4 members (excludes halogenated alkanes) is 12. The predicted octanol–water partition coefficient (Wildman–Crippen LogP) is 8.10. The summed E-state index contributed by atoms with van der Waals surface area (Å²) in [6.45, 7) is 3.51. The maximum Gasteiger partial charge on any atom is 0.338 e. The van der Waals surface area contributed by atoms with E-state index in [1.54, 1.807) is 12.1 Å². The largest absolute Gasteiger partial charge is 0.494 e. The summed E-state index contributed by atoms with van der Waals surface area (Å²) < 4.78 is 11.2. The van der Waals surface area contributed by atoms with Crippen molar-refractivity contribution in [1.82, 2.24) is 0 Å². The zero-order valence-corrected chi connectivity index (χ0v) is 20.0.